The van der Waals surface area contributed by atoms with Crippen molar-refractivity contribution in [1.29, 1.82) is 0 Å². The molecule has 1 aliphatic rings. The van der Waals surface area contributed by atoms with E-state index >= 15 is 0 Å². The number of hydrogen-bond donors (Lipinski definition) is 1. The van der Waals surface area contributed by atoms with Crippen LogP contribution in [0.5, 0.6) is 0 Å². The molecular formula is C16H22N4O. The van der Waals surface area contributed by atoms with E-state index in [1.165, 1.54) is 0 Å². The van der Waals surface area contributed by atoms with Crippen LogP contribution in [0, 0.1) is 5.92 Å². The number of benzene rings is 1. The molecule has 1 aliphatic heterocycles. The maximum absolute atomic E-state index is 12.6. The Morgan fingerprint density at radius 1 is 1.38 bits per heavy atom. The molecule has 5 nitrogen and oxygen atoms in total. The number of amides is 1. The number of carbonyl (C=O) groups excluding carboxylic acids is 1. The van der Waals surface area contributed by atoms with Crippen molar-refractivity contribution in [3.63, 3.8) is 0 Å². The minimum Gasteiger partial charge on any atom is -0.339 e. The summed E-state index contributed by atoms with van der Waals surface area (Å²) in [6.07, 6.45) is 3.96. The van der Waals surface area contributed by atoms with Gasteiger partial charge in [-0.2, -0.15) is 5.10 Å². The van der Waals surface area contributed by atoms with E-state index in [0.717, 1.165) is 48.9 Å². The summed E-state index contributed by atoms with van der Waals surface area (Å²) in [4.78, 5) is 16.8. The number of carbonyl (C=O) groups is 1. The van der Waals surface area contributed by atoms with Crippen LogP contribution in [0.1, 0.15) is 23.2 Å². The first-order valence-electron chi connectivity index (χ1n) is 7.50. The standard InChI is InChI=1S/C16H22N4O/c1-19(2)11-12-5-7-20(8-6-12)16(21)13-3-4-14-10-17-18-15(14)9-13/h3-4,9-10,12H,5-8,11H2,1-2H3,(H,17,18). The van der Waals surface area contributed by atoms with Gasteiger partial charge in [-0.05, 0) is 45.0 Å². The summed E-state index contributed by atoms with van der Waals surface area (Å²) in [5, 5.41) is 7.96. The zero-order valence-electron chi connectivity index (χ0n) is 12.7. The quantitative estimate of drug-likeness (QED) is 0.938. The van der Waals surface area contributed by atoms with Crippen LogP contribution < -0.4 is 0 Å². The highest BCUT2D eigenvalue weighted by molar-refractivity contribution is 5.97. The molecule has 1 amide bonds. The van der Waals surface area contributed by atoms with Gasteiger partial charge >= 0.3 is 0 Å². The number of aromatic nitrogens is 2. The summed E-state index contributed by atoms with van der Waals surface area (Å²) in [5.41, 5.74) is 1.67. The van der Waals surface area contributed by atoms with Gasteiger partial charge in [-0.3, -0.25) is 9.89 Å². The van der Waals surface area contributed by atoms with Crippen molar-refractivity contribution in [2.24, 2.45) is 5.92 Å². The second-order valence-electron chi connectivity index (χ2n) is 6.17. The Morgan fingerprint density at radius 2 is 2.14 bits per heavy atom. The molecule has 0 saturated carbocycles. The van der Waals surface area contributed by atoms with Crippen LogP contribution in [0.3, 0.4) is 0 Å². The molecule has 5 heteroatoms. The van der Waals surface area contributed by atoms with Gasteiger partial charge < -0.3 is 9.80 Å². The predicted octanol–water partition coefficient (Wildman–Crippen LogP) is 1.98. The molecule has 2 aromatic rings. The van der Waals surface area contributed by atoms with Crippen LogP contribution >= 0.6 is 0 Å². The van der Waals surface area contributed by atoms with Gasteiger partial charge in [0.1, 0.15) is 0 Å². The van der Waals surface area contributed by atoms with Crippen molar-refractivity contribution in [3.8, 4) is 0 Å². The Bertz CT molecular complexity index is 626. The predicted molar refractivity (Wildman–Crippen MR) is 83.3 cm³/mol. The first-order chi connectivity index (χ1) is 10.1. The van der Waals surface area contributed by atoms with E-state index in [9.17, 15) is 4.79 Å². The first-order valence-corrected chi connectivity index (χ1v) is 7.50. The number of piperidine rings is 1. The number of nitrogens with one attached hydrogen (secondary N) is 1. The largest absolute Gasteiger partial charge is 0.339 e. The van der Waals surface area contributed by atoms with Crippen LogP contribution in [-0.4, -0.2) is 59.6 Å². The lowest BCUT2D eigenvalue weighted by Gasteiger charge is -2.33. The summed E-state index contributed by atoms with van der Waals surface area (Å²) in [7, 11) is 4.22. The second kappa shape index (κ2) is 5.85. The fraction of sp³-hybridized carbons (Fsp3) is 0.500. The van der Waals surface area contributed by atoms with Gasteiger partial charge in [-0.15, -0.1) is 0 Å². The summed E-state index contributed by atoms with van der Waals surface area (Å²) in [6.45, 7) is 2.83. The molecular weight excluding hydrogens is 264 g/mol. The maximum atomic E-state index is 12.6. The summed E-state index contributed by atoms with van der Waals surface area (Å²) in [5.74, 6) is 0.842. The molecule has 0 aliphatic carbocycles. The van der Waals surface area contributed by atoms with Crippen molar-refractivity contribution < 1.29 is 4.79 Å². The zero-order valence-corrected chi connectivity index (χ0v) is 12.7. The van der Waals surface area contributed by atoms with Gasteiger partial charge in [0.05, 0.1) is 11.7 Å². The number of rotatable bonds is 3. The van der Waals surface area contributed by atoms with E-state index in [4.69, 9.17) is 0 Å². The average molecular weight is 286 g/mol. The number of aromatic amines is 1. The van der Waals surface area contributed by atoms with Gasteiger partial charge in [0.2, 0.25) is 0 Å². The van der Waals surface area contributed by atoms with Crippen LogP contribution in [0.15, 0.2) is 24.4 Å². The molecule has 2 heterocycles. The third-order valence-electron chi connectivity index (χ3n) is 4.21. The van der Waals surface area contributed by atoms with Crippen molar-refractivity contribution in [2.45, 2.75) is 12.8 Å². The van der Waals surface area contributed by atoms with Gasteiger partial charge in [-0.1, -0.05) is 6.07 Å². The van der Waals surface area contributed by atoms with E-state index < -0.39 is 0 Å². The normalized spacial score (nSPS) is 16.8. The van der Waals surface area contributed by atoms with Crippen LogP contribution in [-0.2, 0) is 0 Å². The van der Waals surface area contributed by atoms with Gasteiger partial charge in [0, 0.05) is 30.6 Å². The van der Waals surface area contributed by atoms with Gasteiger partial charge in [-0.25, -0.2) is 0 Å². The number of fused-ring (bicyclic) bond motifs is 1. The summed E-state index contributed by atoms with van der Waals surface area (Å²) < 4.78 is 0. The second-order valence-corrected chi connectivity index (χ2v) is 6.17. The Balaban J connectivity index is 1.66. The molecule has 0 radical (unpaired) electrons. The Labute approximate surface area is 124 Å². The molecule has 0 unspecified atom stereocenters. The molecule has 21 heavy (non-hydrogen) atoms. The van der Waals surface area contributed by atoms with Crippen molar-refractivity contribution in [2.75, 3.05) is 33.7 Å². The smallest absolute Gasteiger partial charge is 0.253 e. The average Bonchev–Trinajstić information content (AvgIpc) is 2.94. The van der Waals surface area contributed by atoms with Gasteiger partial charge in [0.25, 0.3) is 5.91 Å². The lowest BCUT2D eigenvalue weighted by atomic mass is 9.96. The highest BCUT2D eigenvalue weighted by atomic mass is 16.2. The fourth-order valence-electron chi connectivity index (χ4n) is 3.09. The SMILES string of the molecule is CN(C)CC1CCN(C(=O)c2ccc3cn[nH]c3c2)CC1. The highest BCUT2D eigenvalue weighted by Crippen LogP contribution is 2.21. The lowest BCUT2D eigenvalue weighted by molar-refractivity contribution is 0.0678. The monoisotopic (exact) mass is 286 g/mol. The van der Waals surface area contributed by atoms with Crippen LogP contribution in [0.4, 0.5) is 0 Å². The molecule has 3 rings (SSSR count). The van der Waals surface area contributed by atoms with Crippen LogP contribution in [0.25, 0.3) is 10.9 Å². The third-order valence-corrected chi connectivity index (χ3v) is 4.21. The molecule has 1 aromatic carbocycles. The van der Waals surface area contributed by atoms with Crippen LogP contribution in [0.2, 0.25) is 0 Å². The Kier molecular flexibility index (Phi) is 3.92. The number of nitrogens with zero attached hydrogens (tertiary/aromatic N) is 3. The molecule has 112 valence electrons. The summed E-state index contributed by atoms with van der Waals surface area (Å²) in [6, 6.07) is 5.74. The van der Waals surface area contributed by atoms with E-state index in [-0.39, 0.29) is 5.91 Å². The Hall–Kier alpha value is -1.88. The molecule has 0 atom stereocenters. The number of likely N-dealkylation sites (tertiary alicyclic amines) is 1. The topological polar surface area (TPSA) is 52.2 Å². The molecule has 1 saturated heterocycles. The minimum absolute atomic E-state index is 0.134. The molecule has 1 aromatic heterocycles. The van der Waals surface area contributed by atoms with Crippen molar-refractivity contribution in [1.82, 2.24) is 20.0 Å². The van der Waals surface area contributed by atoms with E-state index in [1.807, 2.05) is 23.1 Å². The molecule has 1 N–H and O–H groups in total. The van der Waals surface area contributed by atoms with E-state index in [2.05, 4.69) is 29.2 Å². The third kappa shape index (κ3) is 3.08. The number of hydrogen-bond acceptors (Lipinski definition) is 3. The molecule has 0 bridgehead atoms. The maximum Gasteiger partial charge on any atom is 0.253 e. The lowest BCUT2D eigenvalue weighted by Crippen LogP contribution is -2.40. The zero-order chi connectivity index (χ0) is 14.8. The van der Waals surface area contributed by atoms with E-state index in [1.54, 1.807) is 6.20 Å². The van der Waals surface area contributed by atoms with E-state index in [0.29, 0.717) is 5.92 Å². The minimum atomic E-state index is 0.134. The van der Waals surface area contributed by atoms with Crippen molar-refractivity contribution in [3.05, 3.63) is 30.0 Å². The number of H-pyrrole nitrogens is 1. The van der Waals surface area contributed by atoms with Crippen molar-refractivity contribution >= 4 is 16.8 Å². The molecule has 1 fully saturated rings. The fourth-order valence-corrected chi connectivity index (χ4v) is 3.09. The van der Waals surface area contributed by atoms with Gasteiger partial charge in [0.15, 0.2) is 0 Å². The summed E-state index contributed by atoms with van der Waals surface area (Å²) >= 11 is 0. The molecule has 0 spiro atoms. The first kappa shape index (κ1) is 14.1. The highest BCUT2D eigenvalue weighted by Gasteiger charge is 2.24. The Morgan fingerprint density at radius 3 is 2.86 bits per heavy atom.